The second kappa shape index (κ2) is 6.76. The molecule has 0 amide bonds. The molecule has 0 aromatic rings. The maximum Gasteiger partial charge on any atom is 0.355 e. The number of rotatable bonds is 3. The summed E-state index contributed by atoms with van der Waals surface area (Å²) in [6.07, 6.45) is 3.64. The average Bonchev–Trinajstić information content (AvgIpc) is 2.06. The highest BCUT2D eigenvalue weighted by Crippen LogP contribution is 2.31. The molecule has 0 heterocycles. The fourth-order valence-electron chi connectivity index (χ4n) is 1.35. The minimum Gasteiger partial charge on any atom is -0.171 e. The van der Waals surface area contributed by atoms with Gasteiger partial charge < -0.3 is 0 Å². The Labute approximate surface area is 117 Å². The van der Waals surface area contributed by atoms with E-state index in [0.29, 0.717) is 6.32 Å². The standard InChI is InChI=1S/C14H23BCl2/c1-13(2,3)10-8-7-9-12(11-15(16)17)14(4,5)6/h9H,7,11H2,1-6H3/b12-9+. The molecular weight excluding hydrogens is 250 g/mol. The Balaban J connectivity index is 4.66. The minimum absolute atomic E-state index is 0.0667. The number of hydrogen-bond acceptors (Lipinski definition) is 0. The van der Waals surface area contributed by atoms with Crippen LogP contribution in [-0.2, 0) is 0 Å². The molecule has 17 heavy (non-hydrogen) atoms. The van der Waals surface area contributed by atoms with Crippen molar-refractivity contribution in [1.82, 2.24) is 0 Å². The van der Waals surface area contributed by atoms with Gasteiger partial charge in [0.2, 0.25) is 0 Å². The van der Waals surface area contributed by atoms with Crippen LogP contribution >= 0.6 is 22.9 Å². The molecule has 0 saturated carbocycles. The molecular formula is C14H23BCl2. The molecule has 0 fully saturated rings. The van der Waals surface area contributed by atoms with Crippen molar-refractivity contribution in [3.8, 4) is 11.8 Å². The zero-order valence-corrected chi connectivity index (χ0v) is 13.3. The first-order chi connectivity index (χ1) is 7.52. The summed E-state index contributed by atoms with van der Waals surface area (Å²) in [6, 6.07) is 0. The largest absolute Gasteiger partial charge is 0.355 e. The summed E-state index contributed by atoms with van der Waals surface area (Å²) in [5.74, 6) is 6.41. The molecule has 0 aliphatic carbocycles. The summed E-state index contributed by atoms with van der Waals surface area (Å²) in [7, 11) is 0. The lowest BCUT2D eigenvalue weighted by Crippen LogP contribution is -2.12. The molecule has 0 N–H and O–H groups in total. The van der Waals surface area contributed by atoms with Crippen LogP contribution in [-0.4, -0.2) is 5.54 Å². The number of allylic oxidation sites excluding steroid dienone is 2. The maximum absolute atomic E-state index is 5.85. The second-order valence-electron chi connectivity index (χ2n) is 6.33. The summed E-state index contributed by atoms with van der Waals surface area (Å²) in [5.41, 5.74) is 1.11. The van der Waals surface area contributed by atoms with E-state index in [2.05, 4.69) is 59.5 Å². The molecule has 0 radical (unpaired) electrons. The van der Waals surface area contributed by atoms with E-state index in [1.807, 2.05) is 0 Å². The zero-order chi connectivity index (χ0) is 13.7. The van der Waals surface area contributed by atoms with Crippen LogP contribution in [0.25, 0.3) is 0 Å². The van der Waals surface area contributed by atoms with Gasteiger partial charge in [0.05, 0.1) is 0 Å². The highest BCUT2D eigenvalue weighted by Gasteiger charge is 2.20. The van der Waals surface area contributed by atoms with Crippen LogP contribution in [0, 0.1) is 22.7 Å². The lowest BCUT2D eigenvalue weighted by Gasteiger charge is -2.23. The lowest BCUT2D eigenvalue weighted by atomic mass is 9.77. The molecule has 0 nitrogen and oxygen atoms in total. The molecule has 0 aromatic carbocycles. The second-order valence-corrected chi connectivity index (χ2v) is 7.61. The van der Waals surface area contributed by atoms with E-state index in [4.69, 9.17) is 22.9 Å². The van der Waals surface area contributed by atoms with Crippen molar-refractivity contribution in [2.45, 2.75) is 54.3 Å². The first-order valence-electron chi connectivity index (χ1n) is 6.00. The molecule has 0 aromatic heterocycles. The van der Waals surface area contributed by atoms with Gasteiger partial charge in [-0.15, -0.1) is 0 Å². The van der Waals surface area contributed by atoms with Gasteiger partial charge in [0.15, 0.2) is 0 Å². The van der Waals surface area contributed by atoms with E-state index in [-0.39, 0.29) is 16.4 Å². The third-order valence-corrected chi connectivity index (χ3v) is 2.56. The van der Waals surface area contributed by atoms with Crippen LogP contribution in [0.15, 0.2) is 11.6 Å². The third-order valence-electron chi connectivity index (χ3n) is 2.25. The Bertz CT molecular complexity index is 319. The van der Waals surface area contributed by atoms with Crippen LogP contribution < -0.4 is 0 Å². The fourth-order valence-corrected chi connectivity index (χ4v) is 1.68. The zero-order valence-electron chi connectivity index (χ0n) is 11.8. The van der Waals surface area contributed by atoms with E-state index < -0.39 is 0 Å². The summed E-state index contributed by atoms with van der Waals surface area (Å²) in [4.78, 5) is 0. The molecule has 0 bridgehead atoms. The predicted molar refractivity (Wildman–Crippen MR) is 81.7 cm³/mol. The highest BCUT2D eigenvalue weighted by atomic mass is 35.5. The van der Waals surface area contributed by atoms with E-state index in [1.165, 1.54) is 5.57 Å². The number of halogens is 2. The molecule has 96 valence electrons. The monoisotopic (exact) mass is 272 g/mol. The molecule has 0 atom stereocenters. The van der Waals surface area contributed by atoms with Gasteiger partial charge in [0.25, 0.3) is 0 Å². The lowest BCUT2D eigenvalue weighted by molar-refractivity contribution is 0.502. The van der Waals surface area contributed by atoms with Gasteiger partial charge in [0, 0.05) is 11.8 Å². The van der Waals surface area contributed by atoms with Crippen molar-refractivity contribution in [3.05, 3.63) is 11.6 Å². The normalized spacial score (nSPS) is 13.1. The van der Waals surface area contributed by atoms with Crippen molar-refractivity contribution < 1.29 is 0 Å². The Kier molecular flexibility index (Phi) is 6.74. The van der Waals surface area contributed by atoms with Crippen molar-refractivity contribution in [1.29, 1.82) is 0 Å². The van der Waals surface area contributed by atoms with Gasteiger partial charge in [0.1, 0.15) is 0 Å². The summed E-state index contributed by atoms with van der Waals surface area (Å²) in [6.45, 7) is 12.9. The van der Waals surface area contributed by atoms with Crippen molar-refractivity contribution >= 4 is 28.5 Å². The SMILES string of the molecule is CC(C)(C)C#CC/C=C(\CB(Cl)Cl)C(C)(C)C. The van der Waals surface area contributed by atoms with Gasteiger partial charge in [-0.1, -0.05) is 44.3 Å². The van der Waals surface area contributed by atoms with Gasteiger partial charge in [-0.25, -0.2) is 0 Å². The van der Waals surface area contributed by atoms with Crippen LogP contribution in [0.1, 0.15) is 48.0 Å². The van der Waals surface area contributed by atoms with Crippen molar-refractivity contribution in [2.75, 3.05) is 0 Å². The van der Waals surface area contributed by atoms with Crippen molar-refractivity contribution in [2.24, 2.45) is 10.8 Å². The third kappa shape index (κ3) is 9.63. The molecule has 0 rings (SSSR count). The van der Waals surface area contributed by atoms with Crippen LogP contribution in [0.4, 0.5) is 0 Å². The molecule has 0 aliphatic heterocycles. The first-order valence-corrected chi connectivity index (χ1v) is 6.87. The smallest absolute Gasteiger partial charge is 0.171 e. The molecule has 3 heteroatoms. The van der Waals surface area contributed by atoms with Crippen LogP contribution in [0.2, 0.25) is 6.32 Å². The summed E-state index contributed by atoms with van der Waals surface area (Å²) >= 11 is 11.7. The van der Waals surface area contributed by atoms with Gasteiger partial charge >= 0.3 is 5.54 Å². The molecule has 0 saturated heterocycles. The van der Waals surface area contributed by atoms with Gasteiger partial charge in [-0.05, 0) is 32.5 Å². The fraction of sp³-hybridized carbons (Fsp3) is 0.714. The molecule has 0 unspecified atom stereocenters. The van der Waals surface area contributed by atoms with E-state index in [9.17, 15) is 0 Å². The minimum atomic E-state index is -0.337. The first kappa shape index (κ1) is 16.9. The van der Waals surface area contributed by atoms with Gasteiger partial charge in [-0.2, -0.15) is 22.9 Å². The molecule has 0 aliphatic rings. The van der Waals surface area contributed by atoms with E-state index in [1.54, 1.807) is 0 Å². The van der Waals surface area contributed by atoms with Crippen LogP contribution in [0.3, 0.4) is 0 Å². The predicted octanol–water partition coefficient (Wildman–Crippen LogP) is 5.36. The Morgan fingerprint density at radius 3 is 2.00 bits per heavy atom. The quantitative estimate of drug-likeness (QED) is 0.368. The van der Waals surface area contributed by atoms with E-state index >= 15 is 0 Å². The topological polar surface area (TPSA) is 0 Å². The maximum atomic E-state index is 5.85. The number of hydrogen-bond donors (Lipinski definition) is 0. The molecule has 0 spiro atoms. The van der Waals surface area contributed by atoms with Crippen LogP contribution in [0.5, 0.6) is 0 Å². The Morgan fingerprint density at radius 1 is 1.12 bits per heavy atom. The Hall–Kier alpha value is -0.0551. The van der Waals surface area contributed by atoms with E-state index in [0.717, 1.165) is 6.42 Å². The Morgan fingerprint density at radius 2 is 1.65 bits per heavy atom. The highest BCUT2D eigenvalue weighted by molar-refractivity contribution is 7.34. The average molecular weight is 273 g/mol. The van der Waals surface area contributed by atoms with Gasteiger partial charge in [-0.3, -0.25) is 0 Å². The summed E-state index contributed by atoms with van der Waals surface area (Å²) < 4.78 is 0. The summed E-state index contributed by atoms with van der Waals surface area (Å²) in [5, 5.41) is 0. The van der Waals surface area contributed by atoms with Crippen molar-refractivity contribution in [3.63, 3.8) is 0 Å².